The molecule has 0 radical (unpaired) electrons. The third kappa shape index (κ3) is 3.46. The lowest BCUT2D eigenvalue weighted by Crippen LogP contribution is -2.49. The van der Waals surface area contributed by atoms with E-state index < -0.39 is 17.8 Å². The Hall–Kier alpha value is -1.28. The van der Waals surface area contributed by atoms with Gasteiger partial charge in [-0.05, 0) is 54.9 Å². The summed E-state index contributed by atoms with van der Waals surface area (Å²) in [5, 5.41) is 2.74. The highest BCUT2D eigenvalue weighted by molar-refractivity contribution is 9.12. The van der Waals surface area contributed by atoms with Gasteiger partial charge < -0.3 is 5.32 Å². The summed E-state index contributed by atoms with van der Waals surface area (Å²) in [5.41, 5.74) is 0.436. The molecule has 1 aromatic rings. The van der Waals surface area contributed by atoms with Gasteiger partial charge in [0.25, 0.3) is 0 Å². The number of halogens is 3. The molecule has 4 rings (SSSR count). The molecule has 2 saturated carbocycles. The minimum atomic E-state index is -0.868. The van der Waals surface area contributed by atoms with E-state index in [9.17, 15) is 18.8 Å². The molecule has 3 aliphatic rings. The Labute approximate surface area is 186 Å². The van der Waals surface area contributed by atoms with Crippen LogP contribution in [0.3, 0.4) is 0 Å². The number of amides is 3. The van der Waals surface area contributed by atoms with E-state index in [1.54, 1.807) is 0 Å². The first-order chi connectivity index (χ1) is 13.7. The monoisotopic (exact) mass is 528 g/mol. The fraction of sp³-hybridized carbons (Fsp3) is 0.571. The normalized spacial score (nSPS) is 34.1. The van der Waals surface area contributed by atoms with Crippen LogP contribution in [-0.2, 0) is 14.4 Å². The molecule has 29 heavy (non-hydrogen) atoms. The van der Waals surface area contributed by atoms with Gasteiger partial charge in [0.1, 0.15) is 11.9 Å². The summed E-state index contributed by atoms with van der Waals surface area (Å²) >= 11 is 7.36. The van der Waals surface area contributed by atoms with Crippen molar-refractivity contribution in [3.63, 3.8) is 0 Å². The van der Waals surface area contributed by atoms with Gasteiger partial charge in [-0.2, -0.15) is 0 Å². The number of hydrogen-bond acceptors (Lipinski definition) is 3. The maximum atomic E-state index is 13.3. The van der Waals surface area contributed by atoms with Crippen LogP contribution >= 0.6 is 31.9 Å². The SMILES string of the molecule is CC(C)C[C@H](C(=O)Nc1ccc(F)cc1)N1C(=O)[C@H]2[C@@H]3C[C@H]([C@@H](Br)[C@H]3Br)[C@@H]2C1=O. The minimum absolute atomic E-state index is 0.107. The summed E-state index contributed by atoms with van der Waals surface area (Å²) in [7, 11) is 0. The average Bonchev–Trinajstić information content (AvgIpc) is 3.27. The molecule has 3 fully saturated rings. The van der Waals surface area contributed by atoms with E-state index in [4.69, 9.17) is 0 Å². The molecule has 2 aliphatic carbocycles. The zero-order chi connectivity index (χ0) is 21.0. The van der Waals surface area contributed by atoms with Crippen LogP contribution in [-0.4, -0.2) is 38.3 Å². The Kier molecular flexibility index (Phi) is 5.61. The quantitative estimate of drug-likeness (QED) is 0.464. The summed E-state index contributed by atoms with van der Waals surface area (Å²) in [6.07, 6.45) is 1.23. The first-order valence-corrected chi connectivity index (χ1v) is 11.7. The Morgan fingerprint density at radius 3 is 2.10 bits per heavy atom. The number of carbonyl (C=O) groups is 3. The molecule has 0 unspecified atom stereocenters. The van der Waals surface area contributed by atoms with Gasteiger partial charge in [-0.3, -0.25) is 19.3 Å². The van der Waals surface area contributed by atoms with E-state index in [-0.39, 0.29) is 51.1 Å². The number of nitrogens with one attached hydrogen (secondary N) is 1. The molecular formula is C21H23Br2FN2O3. The van der Waals surface area contributed by atoms with Gasteiger partial charge in [0.2, 0.25) is 17.7 Å². The van der Waals surface area contributed by atoms with Gasteiger partial charge in [-0.1, -0.05) is 45.7 Å². The molecule has 1 saturated heterocycles. The van der Waals surface area contributed by atoms with Crippen LogP contribution in [0.1, 0.15) is 26.7 Å². The van der Waals surface area contributed by atoms with Crippen molar-refractivity contribution < 1.29 is 18.8 Å². The topological polar surface area (TPSA) is 66.5 Å². The minimum Gasteiger partial charge on any atom is -0.324 e. The van der Waals surface area contributed by atoms with Gasteiger partial charge in [0.05, 0.1) is 11.8 Å². The second-order valence-corrected chi connectivity index (χ2v) is 10.8. The molecule has 1 N–H and O–H groups in total. The van der Waals surface area contributed by atoms with Crippen molar-refractivity contribution in [1.82, 2.24) is 4.90 Å². The zero-order valence-corrected chi connectivity index (χ0v) is 19.3. The number of hydrogen-bond donors (Lipinski definition) is 1. The van der Waals surface area contributed by atoms with E-state index in [1.165, 1.54) is 29.2 Å². The number of imide groups is 1. The standard InChI is InChI=1S/C21H23Br2FN2O3/c1-9(2)7-14(19(27)25-11-5-3-10(24)4-6-11)26-20(28)15-12-8-13(16(15)21(26)29)18(23)17(12)22/h3-6,9,12-18H,7-8H2,1-2H3,(H,25,27)/t12-,13-,14+,15-,16-,17-,18+/m0/s1. The number of rotatable bonds is 5. The number of nitrogens with zero attached hydrogens (tertiary/aromatic N) is 1. The lowest BCUT2D eigenvalue weighted by Gasteiger charge is -2.28. The predicted octanol–water partition coefficient (Wildman–Crippen LogP) is 3.96. The molecule has 1 aliphatic heterocycles. The van der Waals surface area contributed by atoms with Crippen LogP contribution < -0.4 is 5.32 Å². The largest absolute Gasteiger partial charge is 0.324 e. The molecule has 156 valence electrons. The number of benzene rings is 1. The van der Waals surface area contributed by atoms with Crippen LogP contribution in [0.2, 0.25) is 0 Å². The lowest BCUT2D eigenvalue weighted by atomic mass is 9.81. The van der Waals surface area contributed by atoms with Crippen LogP contribution in [0.25, 0.3) is 0 Å². The predicted molar refractivity (Wildman–Crippen MR) is 114 cm³/mol. The first kappa shape index (κ1) is 21.0. The van der Waals surface area contributed by atoms with E-state index in [0.29, 0.717) is 12.1 Å². The van der Waals surface area contributed by atoms with Gasteiger partial charge in [-0.15, -0.1) is 0 Å². The number of carbonyl (C=O) groups excluding carboxylic acids is 3. The average molecular weight is 530 g/mol. The molecule has 3 amide bonds. The van der Waals surface area contributed by atoms with Gasteiger partial charge in [0.15, 0.2) is 0 Å². The van der Waals surface area contributed by atoms with Crippen LogP contribution in [0, 0.1) is 35.4 Å². The summed E-state index contributed by atoms with van der Waals surface area (Å²) in [6.45, 7) is 3.91. The van der Waals surface area contributed by atoms with Gasteiger partial charge in [0, 0.05) is 15.3 Å². The molecule has 1 heterocycles. The van der Waals surface area contributed by atoms with E-state index in [0.717, 1.165) is 6.42 Å². The number of fused-ring (bicyclic) bond motifs is 5. The van der Waals surface area contributed by atoms with Crippen molar-refractivity contribution in [1.29, 1.82) is 0 Å². The highest BCUT2D eigenvalue weighted by atomic mass is 79.9. The summed E-state index contributed by atoms with van der Waals surface area (Å²) in [5.74, 6) is -1.63. The van der Waals surface area contributed by atoms with Crippen molar-refractivity contribution in [2.75, 3.05) is 5.32 Å². The summed E-state index contributed by atoms with van der Waals surface area (Å²) in [4.78, 5) is 41.2. The maximum Gasteiger partial charge on any atom is 0.247 e. The molecule has 8 heteroatoms. The Bertz CT molecular complexity index is 815. The van der Waals surface area contributed by atoms with Crippen LogP contribution in [0.4, 0.5) is 10.1 Å². The van der Waals surface area contributed by atoms with Crippen molar-refractivity contribution in [3.05, 3.63) is 30.1 Å². The Balaban J connectivity index is 1.60. The first-order valence-electron chi connectivity index (χ1n) is 9.92. The van der Waals surface area contributed by atoms with Crippen molar-refractivity contribution in [2.45, 2.75) is 42.4 Å². The molecule has 7 atom stereocenters. The Morgan fingerprint density at radius 2 is 1.62 bits per heavy atom. The Morgan fingerprint density at radius 1 is 1.10 bits per heavy atom. The van der Waals surface area contributed by atoms with E-state index in [1.807, 2.05) is 13.8 Å². The summed E-state index contributed by atoms with van der Waals surface area (Å²) < 4.78 is 13.2. The van der Waals surface area contributed by atoms with E-state index >= 15 is 0 Å². The molecule has 5 nitrogen and oxygen atoms in total. The molecule has 0 spiro atoms. The molecule has 1 aromatic carbocycles. The molecule has 2 bridgehead atoms. The van der Waals surface area contributed by atoms with E-state index in [2.05, 4.69) is 37.2 Å². The second kappa shape index (κ2) is 7.76. The number of alkyl halides is 2. The fourth-order valence-corrected chi connectivity index (χ4v) is 7.09. The van der Waals surface area contributed by atoms with Crippen molar-refractivity contribution in [3.8, 4) is 0 Å². The third-order valence-electron chi connectivity index (χ3n) is 6.44. The van der Waals surface area contributed by atoms with Crippen molar-refractivity contribution >= 4 is 55.3 Å². The second-order valence-electron chi connectivity index (χ2n) is 8.69. The highest BCUT2D eigenvalue weighted by Gasteiger charge is 2.67. The zero-order valence-electron chi connectivity index (χ0n) is 16.1. The highest BCUT2D eigenvalue weighted by Crippen LogP contribution is 2.60. The maximum absolute atomic E-state index is 13.3. The van der Waals surface area contributed by atoms with Gasteiger partial charge >= 0.3 is 0 Å². The smallest absolute Gasteiger partial charge is 0.247 e. The number of likely N-dealkylation sites (tertiary alicyclic amines) is 1. The molecule has 0 aromatic heterocycles. The van der Waals surface area contributed by atoms with Crippen LogP contribution in [0.5, 0.6) is 0 Å². The van der Waals surface area contributed by atoms with Crippen LogP contribution in [0.15, 0.2) is 24.3 Å². The molecular weight excluding hydrogens is 507 g/mol. The van der Waals surface area contributed by atoms with Gasteiger partial charge in [-0.25, -0.2) is 4.39 Å². The summed E-state index contributed by atoms with van der Waals surface area (Å²) in [6, 6.07) is 4.58. The lowest BCUT2D eigenvalue weighted by molar-refractivity contribution is -0.147. The van der Waals surface area contributed by atoms with Crippen molar-refractivity contribution in [2.24, 2.45) is 29.6 Å². The fourth-order valence-electron chi connectivity index (χ4n) is 5.21. The third-order valence-corrected chi connectivity index (χ3v) is 9.65. The number of anilines is 1.